The van der Waals surface area contributed by atoms with Gasteiger partial charge >= 0.3 is 0 Å². The van der Waals surface area contributed by atoms with Crippen molar-refractivity contribution in [1.82, 2.24) is 20.9 Å². The van der Waals surface area contributed by atoms with E-state index in [0.717, 1.165) is 78.8 Å². The second-order valence-corrected chi connectivity index (χ2v) is 11.0. The molecule has 3 heterocycles. The lowest BCUT2D eigenvalue weighted by Crippen LogP contribution is -2.50. The van der Waals surface area contributed by atoms with Crippen LogP contribution in [-0.4, -0.2) is 42.5 Å². The molecule has 2 aromatic rings. The van der Waals surface area contributed by atoms with Gasteiger partial charge in [-0.05, 0) is 93.0 Å². The monoisotopic (exact) mass is 560 g/mol. The maximum absolute atomic E-state index is 12.8. The second-order valence-electron chi connectivity index (χ2n) is 11.0. The van der Waals surface area contributed by atoms with Crippen molar-refractivity contribution >= 4 is 29.0 Å². The van der Waals surface area contributed by atoms with Crippen LogP contribution in [0.3, 0.4) is 0 Å². The largest absolute Gasteiger partial charge is 0.438 e. The van der Waals surface area contributed by atoms with E-state index >= 15 is 0 Å². The van der Waals surface area contributed by atoms with E-state index in [1.54, 1.807) is 6.20 Å². The fourth-order valence-corrected chi connectivity index (χ4v) is 5.72. The lowest BCUT2D eigenvalue weighted by atomic mass is 9.90. The Labute approximate surface area is 238 Å². The standard InChI is InChI=1S/C31H34F2N6O2/c1-18-9-10-21-22(6-2-8-25(21)38-29(40)24-15-19(24)16-27(32)33)28(18)41-30-23(7-4-13-35-30)26-11-14-36-31(39-26)37-20-5-3-12-34-17-20/h2,4,6-8,11,13,16,19-20,24,34H,3,5,9-10,12,14-15,17H2,1H3,(H,38,40)(H2,36,37,39)/t19?,20?,24-/m1/s1. The Morgan fingerprint density at radius 3 is 2.88 bits per heavy atom. The second kappa shape index (κ2) is 11.8. The van der Waals surface area contributed by atoms with Gasteiger partial charge in [0.05, 0.1) is 17.8 Å². The molecule has 3 atom stereocenters. The number of amides is 1. The van der Waals surface area contributed by atoms with Gasteiger partial charge in [-0.1, -0.05) is 12.1 Å². The number of allylic oxidation sites excluding steroid dienone is 2. The predicted molar refractivity (Wildman–Crippen MR) is 155 cm³/mol. The number of rotatable bonds is 7. The van der Waals surface area contributed by atoms with Crippen LogP contribution in [0.5, 0.6) is 5.88 Å². The third-order valence-electron chi connectivity index (χ3n) is 8.03. The predicted octanol–water partition coefficient (Wildman–Crippen LogP) is 4.83. The number of hydrogen-bond donors (Lipinski definition) is 4. The van der Waals surface area contributed by atoms with Crippen molar-refractivity contribution in [2.24, 2.45) is 16.8 Å². The number of piperidine rings is 1. The molecule has 4 N–H and O–H groups in total. The highest BCUT2D eigenvalue weighted by Gasteiger charge is 2.42. The van der Waals surface area contributed by atoms with Crippen molar-refractivity contribution < 1.29 is 18.3 Å². The molecule has 214 valence electrons. The number of halogens is 2. The highest BCUT2D eigenvalue weighted by atomic mass is 19.3. The number of anilines is 1. The molecule has 0 bridgehead atoms. The number of guanidine groups is 1. The summed E-state index contributed by atoms with van der Waals surface area (Å²) in [5, 5.41) is 13.3. The molecule has 1 saturated carbocycles. The number of fused-ring (bicyclic) bond motifs is 1. The number of carbonyl (C=O) groups excluding carboxylic acids is 1. The molecule has 2 fully saturated rings. The van der Waals surface area contributed by atoms with Gasteiger partial charge in [-0.15, -0.1) is 0 Å². The third kappa shape index (κ3) is 6.17. The van der Waals surface area contributed by atoms with Crippen LogP contribution in [0.15, 0.2) is 65.3 Å². The minimum Gasteiger partial charge on any atom is -0.438 e. The molecule has 4 aliphatic rings. The highest BCUT2D eigenvalue weighted by molar-refractivity contribution is 5.96. The average molecular weight is 561 g/mol. The van der Waals surface area contributed by atoms with Crippen LogP contribution in [0.25, 0.3) is 11.5 Å². The summed E-state index contributed by atoms with van der Waals surface area (Å²) < 4.78 is 31.8. The van der Waals surface area contributed by atoms with Gasteiger partial charge in [-0.3, -0.25) is 4.79 Å². The topological polar surface area (TPSA) is 99.7 Å². The number of nitrogens with one attached hydrogen (secondary N) is 4. The summed E-state index contributed by atoms with van der Waals surface area (Å²) in [5.41, 5.74) is 5.35. The van der Waals surface area contributed by atoms with Gasteiger partial charge in [-0.2, -0.15) is 8.78 Å². The molecule has 0 spiro atoms. The first-order valence-corrected chi connectivity index (χ1v) is 14.2. The van der Waals surface area contributed by atoms with E-state index in [2.05, 4.69) is 31.2 Å². The first-order valence-electron chi connectivity index (χ1n) is 14.2. The van der Waals surface area contributed by atoms with Crippen LogP contribution < -0.4 is 26.0 Å². The van der Waals surface area contributed by atoms with Crippen LogP contribution in [0.4, 0.5) is 14.5 Å². The van der Waals surface area contributed by atoms with Gasteiger partial charge in [0.25, 0.3) is 6.08 Å². The molecule has 1 aromatic carbocycles. The Bertz CT molecular complexity index is 1460. The average Bonchev–Trinajstić information content (AvgIpc) is 3.74. The smallest absolute Gasteiger partial charge is 0.266 e. The fraction of sp³-hybridized carbons (Fsp3) is 0.387. The number of ether oxygens (including phenoxy) is 1. The molecule has 0 radical (unpaired) electrons. The molecular formula is C31H34F2N6O2. The van der Waals surface area contributed by atoms with Crippen molar-refractivity contribution in [3.63, 3.8) is 0 Å². The Morgan fingerprint density at radius 1 is 1.17 bits per heavy atom. The molecule has 6 rings (SSSR count). The van der Waals surface area contributed by atoms with Gasteiger partial charge in [0, 0.05) is 36.0 Å². The highest BCUT2D eigenvalue weighted by Crippen LogP contribution is 2.43. The van der Waals surface area contributed by atoms with Crippen molar-refractivity contribution in [3.05, 3.63) is 77.0 Å². The van der Waals surface area contributed by atoms with E-state index in [1.807, 2.05) is 43.3 Å². The molecule has 1 saturated heterocycles. The Balaban J connectivity index is 1.20. The minimum atomic E-state index is -1.74. The maximum Gasteiger partial charge on any atom is 0.266 e. The molecule has 1 aromatic heterocycles. The third-order valence-corrected chi connectivity index (χ3v) is 8.03. The van der Waals surface area contributed by atoms with E-state index in [0.29, 0.717) is 36.3 Å². The van der Waals surface area contributed by atoms with Crippen LogP contribution in [0, 0.1) is 11.8 Å². The van der Waals surface area contributed by atoms with Gasteiger partial charge in [-0.25, -0.2) is 9.98 Å². The summed E-state index contributed by atoms with van der Waals surface area (Å²) in [6.45, 7) is 4.54. The van der Waals surface area contributed by atoms with Gasteiger partial charge in [0.1, 0.15) is 5.76 Å². The quantitative estimate of drug-likeness (QED) is 0.387. The van der Waals surface area contributed by atoms with E-state index in [4.69, 9.17) is 4.74 Å². The summed E-state index contributed by atoms with van der Waals surface area (Å²) in [6, 6.07) is 9.90. The molecule has 1 amide bonds. The Hall–Kier alpha value is -4.05. The summed E-state index contributed by atoms with van der Waals surface area (Å²) in [7, 11) is 0. The fourth-order valence-electron chi connectivity index (χ4n) is 5.72. The Morgan fingerprint density at radius 2 is 2.05 bits per heavy atom. The van der Waals surface area contributed by atoms with Gasteiger partial charge in [0.2, 0.25) is 11.8 Å². The first kappa shape index (κ1) is 27.1. The normalized spacial score (nSPS) is 23.3. The van der Waals surface area contributed by atoms with Crippen LogP contribution in [0.2, 0.25) is 0 Å². The first-order chi connectivity index (χ1) is 20.0. The zero-order valence-electron chi connectivity index (χ0n) is 23.0. The number of nitrogens with zero attached hydrogens (tertiary/aromatic N) is 2. The zero-order valence-corrected chi connectivity index (χ0v) is 23.0. The van der Waals surface area contributed by atoms with Crippen LogP contribution in [-0.2, 0) is 11.2 Å². The van der Waals surface area contributed by atoms with Gasteiger partial charge < -0.3 is 26.0 Å². The zero-order chi connectivity index (χ0) is 28.3. The van der Waals surface area contributed by atoms with E-state index in [-0.39, 0.29) is 5.91 Å². The van der Waals surface area contributed by atoms with Crippen molar-refractivity contribution in [2.75, 3.05) is 25.0 Å². The summed E-state index contributed by atoms with van der Waals surface area (Å²) in [4.78, 5) is 22.0. The molecule has 2 aliphatic heterocycles. The molecule has 2 unspecified atom stereocenters. The number of benzene rings is 1. The Kier molecular flexibility index (Phi) is 7.82. The molecule has 41 heavy (non-hydrogen) atoms. The van der Waals surface area contributed by atoms with Gasteiger partial charge in [0.15, 0.2) is 5.96 Å². The maximum atomic E-state index is 12.8. The molecule has 8 nitrogen and oxygen atoms in total. The molecule has 2 aliphatic carbocycles. The van der Waals surface area contributed by atoms with Crippen molar-refractivity contribution in [3.8, 4) is 5.88 Å². The van der Waals surface area contributed by atoms with Crippen molar-refractivity contribution in [1.29, 1.82) is 0 Å². The minimum absolute atomic E-state index is 0.230. The number of hydrogen-bond acceptors (Lipinski definition) is 7. The number of carbonyl (C=O) groups is 1. The summed E-state index contributed by atoms with van der Waals surface area (Å²) in [5.74, 6) is 0.883. The number of aliphatic imine (C=N–C) groups is 1. The molecule has 10 heteroatoms. The summed E-state index contributed by atoms with van der Waals surface area (Å²) in [6.07, 6.45) is 7.04. The SMILES string of the molecule is CC1=C(Oc2ncccc2C2=CCN=C(NC3CCCNC3)N2)c2cccc(NC(=O)[C@@H]3CC3C=C(F)F)c2CC1. The number of aromatic nitrogens is 1. The van der Waals surface area contributed by atoms with Crippen molar-refractivity contribution in [2.45, 2.75) is 45.1 Å². The lowest BCUT2D eigenvalue weighted by molar-refractivity contribution is -0.117. The number of pyridine rings is 1. The lowest BCUT2D eigenvalue weighted by Gasteiger charge is -2.28. The van der Waals surface area contributed by atoms with Crippen LogP contribution in [0.1, 0.15) is 49.3 Å². The van der Waals surface area contributed by atoms with E-state index in [1.165, 1.54) is 0 Å². The van der Waals surface area contributed by atoms with E-state index in [9.17, 15) is 13.6 Å². The summed E-state index contributed by atoms with van der Waals surface area (Å²) >= 11 is 0. The van der Waals surface area contributed by atoms with E-state index < -0.39 is 17.9 Å². The molecular weight excluding hydrogens is 526 g/mol. The van der Waals surface area contributed by atoms with Crippen LogP contribution >= 0.6 is 0 Å².